The van der Waals surface area contributed by atoms with Crippen molar-refractivity contribution < 1.29 is 9.13 Å². The minimum absolute atomic E-state index is 0.0796. The second-order valence-electron chi connectivity index (χ2n) is 5.81. The van der Waals surface area contributed by atoms with Crippen LogP contribution in [0.1, 0.15) is 37.8 Å². The van der Waals surface area contributed by atoms with Crippen LogP contribution in [0.15, 0.2) is 24.3 Å². The number of likely N-dealkylation sites (N-methyl/N-ethyl adjacent to an activating group) is 1. The fourth-order valence-corrected chi connectivity index (χ4v) is 2.83. The van der Waals surface area contributed by atoms with Crippen molar-refractivity contribution >= 4 is 0 Å². The summed E-state index contributed by atoms with van der Waals surface area (Å²) in [6.45, 7) is 5.68. The van der Waals surface area contributed by atoms with Crippen molar-refractivity contribution in [1.29, 1.82) is 0 Å². The van der Waals surface area contributed by atoms with Gasteiger partial charge in [0.25, 0.3) is 0 Å². The van der Waals surface area contributed by atoms with Gasteiger partial charge in [0.2, 0.25) is 0 Å². The van der Waals surface area contributed by atoms with Gasteiger partial charge in [0.1, 0.15) is 5.82 Å². The van der Waals surface area contributed by atoms with Gasteiger partial charge in [-0.3, -0.25) is 0 Å². The Morgan fingerprint density at radius 1 is 1.43 bits per heavy atom. The Bertz CT molecular complexity index is 421. The largest absolute Gasteiger partial charge is 0.380 e. The van der Waals surface area contributed by atoms with Gasteiger partial charge in [0.15, 0.2) is 0 Å². The van der Waals surface area contributed by atoms with Gasteiger partial charge in [-0.15, -0.1) is 0 Å². The molecule has 2 unspecified atom stereocenters. The van der Waals surface area contributed by atoms with Crippen LogP contribution in [0.25, 0.3) is 0 Å². The highest BCUT2D eigenvalue weighted by Gasteiger charge is 2.22. The molecule has 1 aromatic carbocycles. The molecule has 1 fully saturated rings. The van der Waals surface area contributed by atoms with Crippen molar-refractivity contribution in [2.75, 3.05) is 33.4 Å². The molecule has 1 aliphatic heterocycles. The van der Waals surface area contributed by atoms with Crippen LogP contribution in [0.3, 0.4) is 0 Å². The van der Waals surface area contributed by atoms with Crippen LogP contribution < -0.4 is 5.32 Å². The summed E-state index contributed by atoms with van der Waals surface area (Å²) >= 11 is 0. The minimum Gasteiger partial charge on any atom is -0.380 e. The summed E-state index contributed by atoms with van der Waals surface area (Å²) in [4.78, 5) is 2.34. The normalized spacial score (nSPS) is 20.1. The highest BCUT2D eigenvalue weighted by Crippen LogP contribution is 2.21. The zero-order chi connectivity index (χ0) is 15.1. The van der Waals surface area contributed by atoms with E-state index in [0.29, 0.717) is 6.04 Å². The van der Waals surface area contributed by atoms with Crippen molar-refractivity contribution in [3.05, 3.63) is 35.6 Å². The predicted molar refractivity (Wildman–Crippen MR) is 83.9 cm³/mol. The Kier molecular flexibility index (Phi) is 6.61. The van der Waals surface area contributed by atoms with Crippen molar-refractivity contribution in [2.45, 2.75) is 38.3 Å². The van der Waals surface area contributed by atoms with E-state index in [-0.39, 0.29) is 11.9 Å². The molecule has 1 aliphatic rings. The summed E-state index contributed by atoms with van der Waals surface area (Å²) in [7, 11) is 2.14. The molecule has 1 aromatic rings. The number of nitrogens with one attached hydrogen (secondary N) is 1. The highest BCUT2D eigenvalue weighted by atomic mass is 19.1. The molecule has 1 heterocycles. The fourth-order valence-electron chi connectivity index (χ4n) is 2.83. The first-order valence-electron chi connectivity index (χ1n) is 7.98. The molecular weight excluding hydrogens is 267 g/mol. The van der Waals surface area contributed by atoms with Crippen molar-refractivity contribution in [2.24, 2.45) is 0 Å². The molecule has 0 amide bonds. The first kappa shape index (κ1) is 16.4. The molecule has 0 radical (unpaired) electrons. The van der Waals surface area contributed by atoms with Crippen molar-refractivity contribution in [3.8, 4) is 0 Å². The van der Waals surface area contributed by atoms with Crippen LogP contribution in [0.4, 0.5) is 4.39 Å². The molecule has 3 nitrogen and oxygen atoms in total. The third-order valence-electron chi connectivity index (χ3n) is 4.22. The van der Waals surface area contributed by atoms with E-state index in [0.717, 1.165) is 51.1 Å². The SMILES string of the molecule is CCCNC(CCN(C)C1CCOC1)c1ccccc1F. The van der Waals surface area contributed by atoms with E-state index in [1.54, 1.807) is 12.1 Å². The van der Waals surface area contributed by atoms with Gasteiger partial charge in [-0.1, -0.05) is 25.1 Å². The average Bonchev–Trinajstić information content (AvgIpc) is 3.02. The number of halogens is 1. The number of hydrogen-bond acceptors (Lipinski definition) is 3. The maximum absolute atomic E-state index is 14.0. The Morgan fingerprint density at radius 3 is 2.90 bits per heavy atom. The molecule has 1 N–H and O–H groups in total. The summed E-state index contributed by atoms with van der Waals surface area (Å²) < 4.78 is 19.5. The lowest BCUT2D eigenvalue weighted by Crippen LogP contribution is -2.35. The van der Waals surface area contributed by atoms with Crippen LogP contribution in [0.5, 0.6) is 0 Å². The Hall–Kier alpha value is -0.970. The van der Waals surface area contributed by atoms with Gasteiger partial charge in [0.05, 0.1) is 6.61 Å². The molecule has 0 spiro atoms. The van der Waals surface area contributed by atoms with E-state index in [4.69, 9.17) is 4.74 Å². The van der Waals surface area contributed by atoms with Gasteiger partial charge in [-0.2, -0.15) is 0 Å². The number of benzene rings is 1. The van der Waals surface area contributed by atoms with Gasteiger partial charge in [-0.05, 0) is 38.9 Å². The van der Waals surface area contributed by atoms with Crippen molar-refractivity contribution in [1.82, 2.24) is 10.2 Å². The van der Waals surface area contributed by atoms with Gasteiger partial charge in [0, 0.05) is 30.8 Å². The van der Waals surface area contributed by atoms with E-state index in [2.05, 4.69) is 24.2 Å². The van der Waals surface area contributed by atoms with E-state index in [1.165, 1.54) is 0 Å². The lowest BCUT2D eigenvalue weighted by atomic mass is 10.0. The molecule has 2 atom stereocenters. The average molecular weight is 294 g/mol. The zero-order valence-electron chi connectivity index (χ0n) is 13.1. The molecule has 118 valence electrons. The fraction of sp³-hybridized carbons (Fsp3) is 0.647. The lowest BCUT2D eigenvalue weighted by molar-refractivity contribution is 0.156. The van der Waals surface area contributed by atoms with E-state index in [9.17, 15) is 4.39 Å². The molecule has 1 saturated heterocycles. The third-order valence-corrected chi connectivity index (χ3v) is 4.22. The maximum Gasteiger partial charge on any atom is 0.127 e. The standard InChI is InChI=1S/C17H27FN2O/c1-3-10-19-17(15-6-4-5-7-16(15)18)8-11-20(2)14-9-12-21-13-14/h4-7,14,17,19H,3,8-13H2,1-2H3. The van der Waals surface area contributed by atoms with E-state index < -0.39 is 0 Å². The highest BCUT2D eigenvalue weighted by molar-refractivity contribution is 5.21. The molecule has 0 aromatic heterocycles. The molecule has 0 saturated carbocycles. The molecule has 21 heavy (non-hydrogen) atoms. The Balaban J connectivity index is 1.94. The van der Waals surface area contributed by atoms with Gasteiger partial charge < -0.3 is 15.0 Å². The van der Waals surface area contributed by atoms with Crippen LogP contribution in [-0.4, -0.2) is 44.3 Å². The number of rotatable bonds is 8. The number of nitrogens with zero attached hydrogens (tertiary/aromatic N) is 1. The van der Waals surface area contributed by atoms with Crippen molar-refractivity contribution in [3.63, 3.8) is 0 Å². The monoisotopic (exact) mass is 294 g/mol. The number of ether oxygens (including phenoxy) is 1. The lowest BCUT2D eigenvalue weighted by Gasteiger charge is -2.26. The first-order chi connectivity index (χ1) is 10.2. The van der Waals surface area contributed by atoms with Crippen LogP contribution in [-0.2, 0) is 4.74 Å². The second kappa shape index (κ2) is 8.47. The summed E-state index contributed by atoms with van der Waals surface area (Å²) in [5.74, 6) is -0.113. The maximum atomic E-state index is 14.0. The molecular formula is C17H27FN2O. The summed E-state index contributed by atoms with van der Waals surface area (Å²) in [6, 6.07) is 7.69. The topological polar surface area (TPSA) is 24.5 Å². The van der Waals surface area contributed by atoms with Crippen LogP contribution >= 0.6 is 0 Å². The Morgan fingerprint density at radius 2 is 2.24 bits per heavy atom. The molecule has 4 heteroatoms. The predicted octanol–water partition coefficient (Wildman–Crippen LogP) is 2.98. The van der Waals surface area contributed by atoms with E-state index >= 15 is 0 Å². The summed E-state index contributed by atoms with van der Waals surface area (Å²) in [6.07, 6.45) is 3.06. The van der Waals surface area contributed by atoms with Gasteiger partial charge >= 0.3 is 0 Å². The first-order valence-corrected chi connectivity index (χ1v) is 7.98. The zero-order valence-corrected chi connectivity index (χ0v) is 13.1. The molecule has 2 rings (SSSR count). The molecule has 0 bridgehead atoms. The van der Waals surface area contributed by atoms with Gasteiger partial charge in [-0.25, -0.2) is 4.39 Å². The minimum atomic E-state index is -0.113. The number of hydrogen-bond donors (Lipinski definition) is 1. The molecule has 0 aliphatic carbocycles. The third kappa shape index (κ3) is 4.77. The van der Waals surface area contributed by atoms with E-state index in [1.807, 2.05) is 12.1 Å². The summed E-state index contributed by atoms with van der Waals surface area (Å²) in [5, 5.41) is 3.47. The summed E-state index contributed by atoms with van der Waals surface area (Å²) in [5.41, 5.74) is 0.780. The smallest absolute Gasteiger partial charge is 0.127 e. The quantitative estimate of drug-likeness (QED) is 0.798. The van der Waals surface area contributed by atoms with Crippen LogP contribution in [0.2, 0.25) is 0 Å². The second-order valence-corrected chi connectivity index (χ2v) is 5.81. The van der Waals surface area contributed by atoms with Crippen LogP contribution in [0, 0.1) is 5.82 Å². The Labute approximate surface area is 127 Å².